The van der Waals surface area contributed by atoms with Crippen LogP contribution in [-0.4, -0.2) is 60.9 Å². The van der Waals surface area contributed by atoms with Gasteiger partial charge in [0.1, 0.15) is 5.69 Å². The lowest BCUT2D eigenvalue weighted by molar-refractivity contribution is -0.137. The topological polar surface area (TPSA) is 96.5 Å². The Bertz CT molecular complexity index is 651. The molecule has 1 saturated heterocycles. The molecule has 0 spiro atoms. The van der Waals surface area contributed by atoms with Crippen LogP contribution in [0.25, 0.3) is 0 Å². The molecule has 1 aliphatic heterocycles. The lowest BCUT2D eigenvalue weighted by Crippen LogP contribution is -2.45. The van der Waals surface area contributed by atoms with Crippen molar-refractivity contribution in [1.82, 2.24) is 9.88 Å². The van der Waals surface area contributed by atoms with Gasteiger partial charge < -0.3 is 14.6 Å². The SMILES string of the molecule is CC(C)CN(C(=O)COC(=O)c1ccc[nH]1)[C@@H]1CCS(=O)(=O)C1. The van der Waals surface area contributed by atoms with Gasteiger partial charge in [-0.1, -0.05) is 13.8 Å². The minimum absolute atomic E-state index is 0.0178. The summed E-state index contributed by atoms with van der Waals surface area (Å²) in [7, 11) is -3.08. The van der Waals surface area contributed by atoms with E-state index in [0.717, 1.165) is 0 Å². The van der Waals surface area contributed by atoms with Crippen LogP contribution >= 0.6 is 0 Å². The third kappa shape index (κ3) is 4.82. The summed E-state index contributed by atoms with van der Waals surface area (Å²) in [5, 5.41) is 0. The number of aromatic amines is 1. The predicted octanol–water partition coefficient (Wildman–Crippen LogP) is 0.843. The fourth-order valence-electron chi connectivity index (χ4n) is 2.61. The van der Waals surface area contributed by atoms with Gasteiger partial charge in [-0.25, -0.2) is 13.2 Å². The van der Waals surface area contributed by atoms with Crippen LogP contribution in [0.4, 0.5) is 0 Å². The van der Waals surface area contributed by atoms with Crippen molar-refractivity contribution in [3.05, 3.63) is 24.0 Å². The first-order chi connectivity index (χ1) is 10.8. The molecule has 0 aliphatic carbocycles. The third-order valence-electron chi connectivity index (χ3n) is 3.68. The molecule has 0 saturated carbocycles. The molecule has 1 aromatic heterocycles. The number of aromatic nitrogens is 1. The molecular formula is C15H22N2O5S. The van der Waals surface area contributed by atoms with Gasteiger partial charge in [0.05, 0.1) is 11.5 Å². The number of nitrogens with one attached hydrogen (secondary N) is 1. The van der Waals surface area contributed by atoms with E-state index in [9.17, 15) is 18.0 Å². The second kappa shape index (κ2) is 7.16. The standard InChI is InChI=1S/C15H22N2O5S/c1-11(2)8-17(12-5-7-23(20,21)10-12)14(18)9-22-15(19)13-4-3-6-16-13/h3-4,6,11-12,16H,5,7-10H2,1-2H3/t12-/m1/s1. The highest BCUT2D eigenvalue weighted by Crippen LogP contribution is 2.19. The molecule has 0 bridgehead atoms. The van der Waals surface area contributed by atoms with Crippen molar-refractivity contribution in [3.8, 4) is 0 Å². The monoisotopic (exact) mass is 342 g/mol. The number of carbonyl (C=O) groups excluding carboxylic acids is 2. The number of hydrogen-bond donors (Lipinski definition) is 1. The molecule has 2 heterocycles. The van der Waals surface area contributed by atoms with Crippen LogP contribution in [0, 0.1) is 5.92 Å². The number of H-pyrrole nitrogens is 1. The van der Waals surface area contributed by atoms with Gasteiger partial charge in [0.2, 0.25) is 0 Å². The van der Waals surface area contributed by atoms with E-state index in [4.69, 9.17) is 4.74 Å². The van der Waals surface area contributed by atoms with E-state index in [1.54, 1.807) is 18.3 Å². The molecule has 0 radical (unpaired) electrons. The third-order valence-corrected chi connectivity index (χ3v) is 5.43. The number of nitrogens with zero attached hydrogens (tertiary/aromatic N) is 1. The highest BCUT2D eigenvalue weighted by molar-refractivity contribution is 7.91. The van der Waals surface area contributed by atoms with Crippen LogP contribution in [-0.2, 0) is 19.4 Å². The van der Waals surface area contributed by atoms with Crippen molar-refractivity contribution in [2.75, 3.05) is 24.7 Å². The van der Waals surface area contributed by atoms with E-state index in [1.165, 1.54) is 4.90 Å². The molecule has 7 nitrogen and oxygen atoms in total. The molecule has 2 rings (SSSR count). The second-order valence-corrected chi connectivity index (χ2v) is 8.39. The Morgan fingerprint density at radius 3 is 2.70 bits per heavy atom. The minimum atomic E-state index is -3.08. The van der Waals surface area contributed by atoms with Crippen LogP contribution < -0.4 is 0 Å². The summed E-state index contributed by atoms with van der Waals surface area (Å²) in [6.45, 7) is 3.96. The summed E-state index contributed by atoms with van der Waals surface area (Å²) in [6, 6.07) is 2.88. The Labute approximate surface area is 135 Å². The first-order valence-electron chi connectivity index (χ1n) is 7.59. The van der Waals surface area contributed by atoms with Gasteiger partial charge >= 0.3 is 5.97 Å². The van der Waals surface area contributed by atoms with Crippen molar-refractivity contribution in [2.45, 2.75) is 26.3 Å². The Morgan fingerprint density at radius 1 is 1.43 bits per heavy atom. The van der Waals surface area contributed by atoms with Crippen molar-refractivity contribution in [3.63, 3.8) is 0 Å². The fourth-order valence-corrected chi connectivity index (χ4v) is 4.35. The molecule has 23 heavy (non-hydrogen) atoms. The van der Waals surface area contributed by atoms with Crippen molar-refractivity contribution >= 4 is 21.7 Å². The quantitative estimate of drug-likeness (QED) is 0.773. The maximum atomic E-state index is 12.4. The van der Waals surface area contributed by atoms with Gasteiger partial charge in [0, 0.05) is 18.8 Å². The summed E-state index contributed by atoms with van der Waals surface area (Å²) in [5.41, 5.74) is 0.275. The molecular weight excluding hydrogens is 320 g/mol. The lowest BCUT2D eigenvalue weighted by atomic mass is 10.1. The number of carbonyl (C=O) groups is 2. The van der Waals surface area contributed by atoms with E-state index in [1.807, 2.05) is 13.8 Å². The molecule has 0 aromatic carbocycles. The summed E-state index contributed by atoms with van der Waals surface area (Å²) < 4.78 is 28.3. The van der Waals surface area contributed by atoms with Crippen molar-refractivity contribution in [1.29, 1.82) is 0 Å². The predicted molar refractivity (Wildman–Crippen MR) is 84.7 cm³/mol. The number of esters is 1. The van der Waals surface area contributed by atoms with Gasteiger partial charge in [-0.05, 0) is 24.5 Å². The number of amides is 1. The molecule has 1 fully saturated rings. The zero-order valence-electron chi connectivity index (χ0n) is 13.3. The lowest BCUT2D eigenvalue weighted by Gasteiger charge is -2.29. The van der Waals surface area contributed by atoms with Crippen LogP contribution in [0.2, 0.25) is 0 Å². The summed E-state index contributed by atoms with van der Waals surface area (Å²) >= 11 is 0. The van der Waals surface area contributed by atoms with Gasteiger partial charge in [-0.15, -0.1) is 0 Å². The van der Waals surface area contributed by atoms with Gasteiger partial charge in [-0.3, -0.25) is 4.79 Å². The normalized spacial score (nSPS) is 19.7. The highest BCUT2D eigenvalue weighted by Gasteiger charge is 2.35. The summed E-state index contributed by atoms with van der Waals surface area (Å²) in [6.07, 6.45) is 2.03. The number of sulfone groups is 1. The van der Waals surface area contributed by atoms with Crippen molar-refractivity contribution < 1.29 is 22.7 Å². The van der Waals surface area contributed by atoms with Gasteiger partial charge in [0.25, 0.3) is 5.91 Å². The fraction of sp³-hybridized carbons (Fsp3) is 0.600. The van der Waals surface area contributed by atoms with E-state index < -0.39 is 15.8 Å². The Kier molecular flexibility index (Phi) is 5.46. The molecule has 1 aromatic rings. The Morgan fingerprint density at radius 2 is 2.17 bits per heavy atom. The van der Waals surface area contributed by atoms with E-state index in [-0.39, 0.29) is 41.7 Å². The largest absolute Gasteiger partial charge is 0.451 e. The maximum absolute atomic E-state index is 12.4. The molecule has 1 N–H and O–H groups in total. The smallest absolute Gasteiger partial charge is 0.355 e. The van der Waals surface area contributed by atoms with Crippen LogP contribution in [0.5, 0.6) is 0 Å². The van der Waals surface area contributed by atoms with Crippen LogP contribution in [0.1, 0.15) is 30.8 Å². The van der Waals surface area contributed by atoms with E-state index in [2.05, 4.69) is 4.98 Å². The van der Waals surface area contributed by atoms with E-state index in [0.29, 0.717) is 13.0 Å². The van der Waals surface area contributed by atoms with Crippen LogP contribution in [0.3, 0.4) is 0 Å². The molecule has 1 aliphatic rings. The van der Waals surface area contributed by atoms with Crippen LogP contribution in [0.15, 0.2) is 18.3 Å². The second-order valence-electron chi connectivity index (χ2n) is 6.16. The van der Waals surface area contributed by atoms with Gasteiger partial charge in [-0.2, -0.15) is 0 Å². The zero-order chi connectivity index (χ0) is 17.0. The van der Waals surface area contributed by atoms with Crippen molar-refractivity contribution in [2.24, 2.45) is 5.92 Å². The number of ether oxygens (including phenoxy) is 1. The minimum Gasteiger partial charge on any atom is -0.451 e. The summed E-state index contributed by atoms with van der Waals surface area (Å²) in [4.78, 5) is 28.4. The highest BCUT2D eigenvalue weighted by atomic mass is 32.2. The maximum Gasteiger partial charge on any atom is 0.355 e. The first-order valence-corrected chi connectivity index (χ1v) is 9.41. The molecule has 1 atom stereocenters. The van der Waals surface area contributed by atoms with E-state index >= 15 is 0 Å². The number of rotatable bonds is 6. The number of hydrogen-bond acceptors (Lipinski definition) is 5. The molecule has 128 valence electrons. The molecule has 1 amide bonds. The molecule has 0 unspecified atom stereocenters. The average Bonchev–Trinajstić information content (AvgIpc) is 3.11. The molecule has 8 heteroatoms. The Hall–Kier alpha value is -1.83. The van der Waals surface area contributed by atoms with Gasteiger partial charge in [0.15, 0.2) is 16.4 Å². The summed E-state index contributed by atoms with van der Waals surface area (Å²) in [5.74, 6) is -0.688. The Balaban J connectivity index is 1.98. The first kappa shape index (κ1) is 17.5. The average molecular weight is 342 g/mol. The zero-order valence-corrected chi connectivity index (χ0v) is 14.1.